The SMILES string of the molecule is [Cl][Rh]([Cl])([Cl])([Cl])([Cl])[Cl].[Na]. The Morgan fingerprint density at radius 3 is 0.625 bits per heavy atom. The molecule has 0 unspecified atom stereocenters. The zero-order valence-corrected chi connectivity index (χ0v) is 11.8. The molecule has 0 N–H and O–H groups in total. The average molecular weight is 339 g/mol. The maximum Gasteiger partial charge on any atom is 0 e. The molecule has 0 aromatic heterocycles. The molecule has 1 radical (unpaired) electrons. The summed E-state index contributed by atoms with van der Waals surface area (Å²) >= 11 is 0. The molecule has 0 nitrogen and oxygen atoms in total. The summed E-state index contributed by atoms with van der Waals surface area (Å²) in [6.07, 6.45) is 0. The summed E-state index contributed by atoms with van der Waals surface area (Å²) in [5.41, 5.74) is 0. The topological polar surface area (TPSA) is 0 Å². The minimum Gasteiger partial charge on any atom is 0 e. The normalized spacial score (nSPS) is 20.2. The van der Waals surface area contributed by atoms with Crippen LogP contribution in [0, 0.1) is 0 Å². The van der Waals surface area contributed by atoms with Gasteiger partial charge in [0.2, 0.25) is 0 Å². The quantitative estimate of drug-likeness (QED) is 0.590. The van der Waals surface area contributed by atoms with Gasteiger partial charge in [-0.2, -0.15) is 0 Å². The largest absolute Gasteiger partial charge is 0 e. The Hall–Kier alpha value is 3.36. The van der Waals surface area contributed by atoms with Crippen molar-refractivity contribution in [1.82, 2.24) is 0 Å². The van der Waals surface area contributed by atoms with Crippen LogP contribution in [0.25, 0.3) is 0 Å². The fraction of sp³-hybridized carbons (Fsp3) is 0. The molecule has 0 atom stereocenters. The minimum atomic E-state index is -5.15. The van der Waals surface area contributed by atoms with Gasteiger partial charge in [-0.15, -0.1) is 0 Å². The zero-order chi connectivity index (χ0) is 6.41. The predicted octanol–water partition coefficient (Wildman–Crippen LogP) is 3.75. The predicted molar refractivity (Wildman–Crippen MR) is 40.9 cm³/mol. The molecule has 0 aliphatic rings. The molecule has 0 saturated heterocycles. The fourth-order valence-electron chi connectivity index (χ4n) is 0. The summed E-state index contributed by atoms with van der Waals surface area (Å²) in [7, 11) is 30.2. The van der Waals surface area contributed by atoms with Crippen LogP contribution < -0.4 is 0 Å². The molecule has 0 aromatic carbocycles. The van der Waals surface area contributed by atoms with Crippen molar-refractivity contribution >= 4 is 87.7 Å². The third kappa shape index (κ3) is 57.9. The maximum absolute atomic E-state index is 5.15. The zero-order valence-electron chi connectivity index (χ0n) is 3.60. The Bertz CT molecular complexity index is 67.1. The van der Waals surface area contributed by atoms with Gasteiger partial charge in [0.25, 0.3) is 0 Å². The van der Waals surface area contributed by atoms with Crippen molar-refractivity contribution in [2.45, 2.75) is 0 Å². The van der Waals surface area contributed by atoms with Crippen LogP contribution >= 0.6 is 58.1 Å². The molecule has 8 heavy (non-hydrogen) atoms. The smallest absolute Gasteiger partial charge is 0 e. The molecule has 0 heterocycles. The second kappa shape index (κ2) is 2.69. The molecule has 0 aliphatic carbocycles. The Kier molecular flexibility index (Phi) is 4.69. The first-order valence-electron chi connectivity index (χ1n) is 0.756. The van der Waals surface area contributed by atoms with Gasteiger partial charge in [-0.3, -0.25) is 0 Å². The Labute approximate surface area is 92.3 Å². The van der Waals surface area contributed by atoms with E-state index in [1.54, 1.807) is 0 Å². The van der Waals surface area contributed by atoms with E-state index in [4.69, 9.17) is 58.1 Å². The molecular weight excluding hydrogens is 339 g/mol. The van der Waals surface area contributed by atoms with Gasteiger partial charge in [0.15, 0.2) is 0 Å². The van der Waals surface area contributed by atoms with E-state index in [0.717, 1.165) is 0 Å². The van der Waals surface area contributed by atoms with Crippen LogP contribution in [0.2, 0.25) is 0 Å². The summed E-state index contributed by atoms with van der Waals surface area (Å²) in [5.74, 6) is 0. The Morgan fingerprint density at radius 2 is 0.625 bits per heavy atom. The van der Waals surface area contributed by atoms with Gasteiger partial charge in [0, 0.05) is 29.6 Å². The third-order valence-electron chi connectivity index (χ3n) is 0. The van der Waals surface area contributed by atoms with Crippen molar-refractivity contribution in [3.8, 4) is 0 Å². The first-order chi connectivity index (χ1) is 2.45. The number of rotatable bonds is 0. The van der Waals surface area contributed by atoms with E-state index in [-0.39, 0.29) is 29.6 Å². The third-order valence-corrected chi connectivity index (χ3v) is 0. The molecule has 8 heteroatoms. The monoisotopic (exact) mass is 336 g/mol. The van der Waals surface area contributed by atoms with Crippen LogP contribution in [-0.2, 0) is 6.48 Å². The van der Waals surface area contributed by atoms with Crippen molar-refractivity contribution in [3.05, 3.63) is 0 Å². The van der Waals surface area contributed by atoms with Crippen molar-refractivity contribution < 1.29 is 6.48 Å². The molecule has 0 spiro atoms. The van der Waals surface area contributed by atoms with Gasteiger partial charge in [-0.1, -0.05) is 0 Å². The van der Waals surface area contributed by atoms with Crippen LogP contribution in [0.1, 0.15) is 0 Å². The first-order valence-corrected chi connectivity index (χ1v) is 13.4. The van der Waals surface area contributed by atoms with E-state index in [1.807, 2.05) is 0 Å². The van der Waals surface area contributed by atoms with Crippen molar-refractivity contribution in [2.75, 3.05) is 0 Å². The van der Waals surface area contributed by atoms with Gasteiger partial charge in [0.1, 0.15) is 0 Å². The molecule has 0 bridgehead atoms. The Balaban J connectivity index is 0. The van der Waals surface area contributed by atoms with Crippen LogP contribution in [0.3, 0.4) is 0 Å². The number of hydrogen-bond acceptors (Lipinski definition) is 0. The molecule has 0 saturated carbocycles. The Morgan fingerprint density at radius 1 is 0.625 bits per heavy atom. The molecule has 0 fully saturated rings. The molecule has 0 amide bonds. The van der Waals surface area contributed by atoms with Crippen LogP contribution in [0.5, 0.6) is 0 Å². The van der Waals surface area contributed by atoms with Gasteiger partial charge >= 0.3 is 64.6 Å². The van der Waals surface area contributed by atoms with Gasteiger partial charge < -0.3 is 0 Å². The summed E-state index contributed by atoms with van der Waals surface area (Å²) in [6, 6.07) is 0. The van der Waals surface area contributed by atoms with E-state index in [9.17, 15) is 0 Å². The molecule has 0 aliphatic heterocycles. The molecule has 0 aromatic rings. The maximum atomic E-state index is 5.04. The second-order valence-corrected chi connectivity index (χ2v) is 38.0. The van der Waals surface area contributed by atoms with E-state index < -0.39 is 6.48 Å². The average Bonchev–Trinajstić information content (AvgIpc) is 0.592. The molecular formula is Cl6NaRh. The second-order valence-electron chi connectivity index (χ2n) is 0.714. The number of halogens is 6. The summed E-state index contributed by atoms with van der Waals surface area (Å²) < 4.78 is 0. The van der Waals surface area contributed by atoms with Crippen LogP contribution in [0.4, 0.5) is 0 Å². The van der Waals surface area contributed by atoms with E-state index in [2.05, 4.69) is 0 Å². The van der Waals surface area contributed by atoms with E-state index in [0.29, 0.717) is 0 Å². The van der Waals surface area contributed by atoms with Crippen molar-refractivity contribution in [3.63, 3.8) is 0 Å². The van der Waals surface area contributed by atoms with Gasteiger partial charge in [-0.25, -0.2) is 0 Å². The van der Waals surface area contributed by atoms with Gasteiger partial charge in [-0.05, 0) is 0 Å². The summed E-state index contributed by atoms with van der Waals surface area (Å²) in [4.78, 5) is 0. The van der Waals surface area contributed by atoms with Crippen molar-refractivity contribution in [1.29, 1.82) is 0 Å². The summed E-state index contributed by atoms with van der Waals surface area (Å²) in [5, 5.41) is 0. The standard InChI is InChI=1S/6ClH.Na.Rh/h6*1H;;/q;;;;;;;+6/p-6. The first kappa shape index (κ1) is 13.9. The van der Waals surface area contributed by atoms with E-state index >= 15 is 0 Å². The molecule has 52 valence electrons. The van der Waals surface area contributed by atoms with Gasteiger partial charge in [0.05, 0.1) is 0 Å². The fourth-order valence-corrected chi connectivity index (χ4v) is 0. The van der Waals surface area contributed by atoms with Crippen LogP contribution in [-0.4, -0.2) is 29.6 Å². The number of hydrogen-bond donors (Lipinski definition) is 0. The molecule has 0 rings (SSSR count). The van der Waals surface area contributed by atoms with Crippen LogP contribution in [0.15, 0.2) is 0 Å². The summed E-state index contributed by atoms with van der Waals surface area (Å²) in [6.45, 7) is -5.15. The van der Waals surface area contributed by atoms with E-state index in [1.165, 1.54) is 0 Å². The van der Waals surface area contributed by atoms with Crippen molar-refractivity contribution in [2.24, 2.45) is 0 Å². The minimum absolute atomic E-state index is 0.